The van der Waals surface area contributed by atoms with Crippen molar-refractivity contribution in [2.24, 2.45) is 4.99 Å². The molecule has 1 aliphatic heterocycles. The second kappa shape index (κ2) is 7.45. The Bertz CT molecular complexity index is 436. The molecule has 0 aromatic rings. The van der Waals surface area contributed by atoms with Gasteiger partial charge in [0.2, 0.25) is 0 Å². The lowest BCUT2D eigenvalue weighted by Crippen LogP contribution is -2.13. The quantitative estimate of drug-likeness (QED) is 0.647. The molecular weight excluding hydrogens is 250 g/mol. The predicted molar refractivity (Wildman–Crippen MR) is 67.6 cm³/mol. The Labute approximate surface area is 111 Å². The summed E-state index contributed by atoms with van der Waals surface area (Å²) < 4.78 is 9.68. The summed E-state index contributed by atoms with van der Waals surface area (Å²) in [5, 5.41) is 0. The molecule has 0 saturated heterocycles. The Balaban J connectivity index is 2.19. The minimum atomic E-state index is -0.467. The van der Waals surface area contributed by atoms with E-state index in [0.29, 0.717) is 18.7 Å². The summed E-state index contributed by atoms with van der Waals surface area (Å²) in [6.07, 6.45) is 1.96. The first-order valence-corrected chi connectivity index (χ1v) is 6.09. The molecule has 0 aliphatic carbocycles. The van der Waals surface area contributed by atoms with Crippen LogP contribution in [-0.4, -0.2) is 36.6 Å². The van der Waals surface area contributed by atoms with Crippen molar-refractivity contribution >= 4 is 23.4 Å². The van der Waals surface area contributed by atoms with Crippen LogP contribution in [0.25, 0.3) is 0 Å². The van der Waals surface area contributed by atoms with Crippen LogP contribution in [0.5, 0.6) is 0 Å². The third-order valence-electron chi connectivity index (χ3n) is 2.46. The van der Waals surface area contributed by atoms with Gasteiger partial charge in [0.15, 0.2) is 5.78 Å². The third-order valence-corrected chi connectivity index (χ3v) is 2.46. The largest absolute Gasteiger partial charge is 0.466 e. The van der Waals surface area contributed by atoms with Gasteiger partial charge >= 0.3 is 11.9 Å². The van der Waals surface area contributed by atoms with Crippen LogP contribution in [-0.2, 0) is 23.9 Å². The summed E-state index contributed by atoms with van der Waals surface area (Å²) >= 11 is 0. The fourth-order valence-corrected chi connectivity index (χ4v) is 1.46. The van der Waals surface area contributed by atoms with Gasteiger partial charge in [-0.25, -0.2) is 0 Å². The highest BCUT2D eigenvalue weighted by atomic mass is 16.5. The fourth-order valence-electron chi connectivity index (χ4n) is 1.46. The molecule has 19 heavy (non-hydrogen) atoms. The zero-order valence-electron chi connectivity index (χ0n) is 11.1. The number of hydrogen-bond donors (Lipinski definition) is 0. The van der Waals surface area contributed by atoms with Gasteiger partial charge in [0, 0.05) is 19.5 Å². The highest BCUT2D eigenvalue weighted by Gasteiger charge is 2.16. The highest BCUT2D eigenvalue weighted by molar-refractivity contribution is 6.40. The summed E-state index contributed by atoms with van der Waals surface area (Å²) in [7, 11) is 0. The number of rotatable bonds is 7. The maximum Gasteiger partial charge on any atom is 0.306 e. The lowest BCUT2D eigenvalue weighted by atomic mass is 10.1. The number of carbonyl (C=O) groups is 3. The van der Waals surface area contributed by atoms with Gasteiger partial charge < -0.3 is 9.47 Å². The molecular formula is C13H17NO5. The van der Waals surface area contributed by atoms with Crippen molar-refractivity contribution in [1.29, 1.82) is 0 Å². The van der Waals surface area contributed by atoms with E-state index >= 15 is 0 Å². The lowest BCUT2D eigenvalue weighted by Gasteiger charge is -2.05. The second-order valence-electron chi connectivity index (χ2n) is 4.06. The van der Waals surface area contributed by atoms with Gasteiger partial charge in [0.1, 0.15) is 6.61 Å². The van der Waals surface area contributed by atoms with Crippen molar-refractivity contribution in [1.82, 2.24) is 0 Å². The zero-order valence-corrected chi connectivity index (χ0v) is 11.1. The molecule has 6 heteroatoms. The fraction of sp³-hybridized carbons (Fsp3) is 0.538. The molecule has 1 heterocycles. The molecule has 0 atom stereocenters. The van der Waals surface area contributed by atoms with Crippen LogP contribution in [0.2, 0.25) is 0 Å². The molecule has 0 fully saturated rings. The van der Waals surface area contributed by atoms with Crippen molar-refractivity contribution in [3.63, 3.8) is 0 Å². The summed E-state index contributed by atoms with van der Waals surface area (Å²) in [6, 6.07) is 0. The van der Waals surface area contributed by atoms with Crippen molar-refractivity contribution in [3.05, 3.63) is 11.8 Å². The van der Waals surface area contributed by atoms with Crippen LogP contribution in [0.4, 0.5) is 0 Å². The topological polar surface area (TPSA) is 82.0 Å². The number of carbonyl (C=O) groups excluding carboxylic acids is 3. The molecule has 0 saturated carbocycles. The Morgan fingerprint density at radius 1 is 1.21 bits per heavy atom. The maximum atomic E-state index is 11.4. The first-order chi connectivity index (χ1) is 9.02. The van der Waals surface area contributed by atoms with E-state index in [1.165, 1.54) is 13.1 Å². The maximum absolute atomic E-state index is 11.4. The molecule has 104 valence electrons. The van der Waals surface area contributed by atoms with Crippen LogP contribution >= 0.6 is 0 Å². The van der Waals surface area contributed by atoms with Gasteiger partial charge in [0.05, 0.1) is 25.2 Å². The van der Waals surface area contributed by atoms with Gasteiger partial charge in [0.25, 0.3) is 0 Å². The van der Waals surface area contributed by atoms with Crippen molar-refractivity contribution in [3.8, 4) is 0 Å². The number of nitrogens with zero attached hydrogens (tertiary/aromatic N) is 1. The normalized spacial score (nSPS) is 13.6. The first-order valence-electron chi connectivity index (χ1n) is 6.09. The highest BCUT2D eigenvalue weighted by Crippen LogP contribution is 2.13. The van der Waals surface area contributed by atoms with Gasteiger partial charge in [-0.15, -0.1) is 0 Å². The predicted octanol–water partition coefficient (Wildman–Crippen LogP) is 1.19. The zero-order chi connectivity index (χ0) is 14.3. The smallest absolute Gasteiger partial charge is 0.306 e. The third kappa shape index (κ3) is 5.46. The van der Waals surface area contributed by atoms with Gasteiger partial charge in [-0.05, 0) is 12.5 Å². The Morgan fingerprint density at radius 3 is 2.37 bits per heavy atom. The first kappa shape index (κ1) is 15.1. The summed E-state index contributed by atoms with van der Waals surface area (Å²) in [5.41, 5.74) is 1.24. The van der Waals surface area contributed by atoms with Crippen molar-refractivity contribution in [2.75, 3.05) is 13.2 Å². The number of aliphatic imine (C=N–C) groups is 1. The molecule has 6 nitrogen and oxygen atoms in total. The molecule has 0 N–H and O–H groups in total. The molecule has 0 radical (unpaired) electrons. The van der Waals surface area contributed by atoms with E-state index in [1.54, 1.807) is 6.92 Å². The van der Waals surface area contributed by atoms with E-state index in [2.05, 4.69) is 4.99 Å². The summed E-state index contributed by atoms with van der Waals surface area (Å²) in [4.78, 5) is 37.4. The van der Waals surface area contributed by atoms with Crippen LogP contribution < -0.4 is 0 Å². The monoisotopic (exact) mass is 267 g/mol. The van der Waals surface area contributed by atoms with Gasteiger partial charge in [-0.3, -0.25) is 19.4 Å². The minimum absolute atomic E-state index is 0.00740. The van der Waals surface area contributed by atoms with E-state index < -0.39 is 11.9 Å². The minimum Gasteiger partial charge on any atom is -0.466 e. The SMILES string of the molecule is CCOC(=O)CCC(=O)OCC1=CN=C(C(C)=O)C1. The summed E-state index contributed by atoms with van der Waals surface area (Å²) in [6.45, 7) is 3.55. The standard InChI is InChI=1S/C13H17NO5/c1-3-18-12(16)4-5-13(17)19-8-10-6-11(9(2)15)14-7-10/h7H,3-6,8H2,1-2H3. The van der Waals surface area contributed by atoms with Crippen molar-refractivity contribution in [2.45, 2.75) is 33.1 Å². The van der Waals surface area contributed by atoms with Crippen LogP contribution in [0.3, 0.4) is 0 Å². The molecule has 0 aromatic heterocycles. The van der Waals surface area contributed by atoms with Gasteiger partial charge in [-0.1, -0.05) is 0 Å². The number of esters is 2. The number of hydrogen-bond acceptors (Lipinski definition) is 6. The van der Waals surface area contributed by atoms with E-state index in [0.717, 1.165) is 5.57 Å². The average Bonchev–Trinajstić information content (AvgIpc) is 2.83. The second-order valence-corrected chi connectivity index (χ2v) is 4.06. The molecule has 1 rings (SSSR count). The molecule has 0 aromatic carbocycles. The number of Topliss-reactive ketones (excluding diaryl/α,β-unsaturated/α-hetero) is 1. The van der Waals surface area contributed by atoms with E-state index in [4.69, 9.17) is 9.47 Å². The lowest BCUT2D eigenvalue weighted by molar-refractivity contribution is -0.149. The number of ketones is 1. The van der Waals surface area contributed by atoms with Crippen LogP contribution in [0, 0.1) is 0 Å². The van der Waals surface area contributed by atoms with Crippen LogP contribution in [0.1, 0.15) is 33.1 Å². The molecule has 0 unspecified atom stereocenters. The Morgan fingerprint density at radius 2 is 1.84 bits per heavy atom. The molecule has 0 bridgehead atoms. The van der Waals surface area contributed by atoms with E-state index in [-0.39, 0.29) is 25.2 Å². The molecule has 0 amide bonds. The number of ether oxygens (including phenoxy) is 2. The summed E-state index contributed by atoms with van der Waals surface area (Å²) in [5.74, 6) is -0.966. The Kier molecular flexibility index (Phi) is 5.92. The van der Waals surface area contributed by atoms with Crippen molar-refractivity contribution < 1.29 is 23.9 Å². The van der Waals surface area contributed by atoms with E-state index in [9.17, 15) is 14.4 Å². The Hall–Kier alpha value is -1.98. The van der Waals surface area contributed by atoms with Crippen LogP contribution in [0.15, 0.2) is 16.8 Å². The van der Waals surface area contributed by atoms with E-state index in [1.807, 2.05) is 0 Å². The molecule has 0 spiro atoms. The van der Waals surface area contributed by atoms with Gasteiger partial charge in [-0.2, -0.15) is 0 Å². The average molecular weight is 267 g/mol. The molecule has 1 aliphatic rings.